The predicted octanol–water partition coefficient (Wildman–Crippen LogP) is 4.74. The SMILES string of the molecule is CC(=O)Nc1cc(NC(=O)c2oc3c(Cl)cccc3c2C)ccc1F. The molecule has 2 N–H and O–H groups in total. The number of halogens is 2. The van der Waals surface area contributed by atoms with Crippen molar-refractivity contribution < 1.29 is 18.4 Å². The van der Waals surface area contributed by atoms with E-state index in [4.69, 9.17) is 16.0 Å². The van der Waals surface area contributed by atoms with Crippen molar-refractivity contribution in [1.29, 1.82) is 0 Å². The third-order valence-corrected chi connectivity index (χ3v) is 3.95. The molecule has 0 bridgehead atoms. The van der Waals surface area contributed by atoms with Crippen LogP contribution in [0.1, 0.15) is 23.0 Å². The van der Waals surface area contributed by atoms with Gasteiger partial charge in [0.1, 0.15) is 5.82 Å². The number of benzene rings is 2. The number of hydrogen-bond acceptors (Lipinski definition) is 3. The number of furan rings is 1. The number of para-hydroxylation sites is 1. The van der Waals surface area contributed by atoms with Gasteiger partial charge in [-0.15, -0.1) is 0 Å². The Morgan fingerprint density at radius 2 is 1.92 bits per heavy atom. The van der Waals surface area contributed by atoms with Gasteiger partial charge in [-0.1, -0.05) is 23.7 Å². The lowest BCUT2D eigenvalue weighted by molar-refractivity contribution is -0.114. The fourth-order valence-electron chi connectivity index (χ4n) is 2.50. The monoisotopic (exact) mass is 360 g/mol. The van der Waals surface area contributed by atoms with Gasteiger partial charge in [0.05, 0.1) is 10.7 Å². The molecular formula is C18H14ClFN2O3. The van der Waals surface area contributed by atoms with Crippen LogP contribution in [0.25, 0.3) is 11.0 Å². The van der Waals surface area contributed by atoms with Crippen molar-refractivity contribution in [2.24, 2.45) is 0 Å². The lowest BCUT2D eigenvalue weighted by Crippen LogP contribution is -2.13. The number of fused-ring (bicyclic) bond motifs is 1. The summed E-state index contributed by atoms with van der Waals surface area (Å²) in [5.41, 5.74) is 1.39. The van der Waals surface area contributed by atoms with Gasteiger partial charge in [0.25, 0.3) is 5.91 Å². The molecule has 3 rings (SSSR count). The first-order valence-electron chi connectivity index (χ1n) is 7.43. The van der Waals surface area contributed by atoms with Crippen LogP contribution in [0.4, 0.5) is 15.8 Å². The van der Waals surface area contributed by atoms with Gasteiger partial charge in [-0.25, -0.2) is 4.39 Å². The molecule has 25 heavy (non-hydrogen) atoms. The highest BCUT2D eigenvalue weighted by Crippen LogP contribution is 2.31. The highest BCUT2D eigenvalue weighted by molar-refractivity contribution is 6.35. The van der Waals surface area contributed by atoms with E-state index in [9.17, 15) is 14.0 Å². The summed E-state index contributed by atoms with van der Waals surface area (Å²) < 4.78 is 19.3. The molecule has 0 aliphatic rings. The summed E-state index contributed by atoms with van der Waals surface area (Å²) >= 11 is 6.09. The standard InChI is InChI=1S/C18H14ClFN2O3/c1-9-12-4-3-5-13(19)17(12)25-16(9)18(24)22-11-6-7-14(20)15(8-11)21-10(2)23/h3-8H,1-2H3,(H,21,23)(H,22,24). The minimum atomic E-state index is -0.597. The maximum atomic E-state index is 13.7. The minimum absolute atomic E-state index is 0.0188. The van der Waals surface area contributed by atoms with Gasteiger partial charge in [-0.3, -0.25) is 9.59 Å². The summed E-state index contributed by atoms with van der Waals surface area (Å²) in [6.45, 7) is 3.02. The van der Waals surface area contributed by atoms with Gasteiger partial charge >= 0.3 is 0 Å². The van der Waals surface area contributed by atoms with Crippen molar-refractivity contribution >= 4 is 45.8 Å². The van der Waals surface area contributed by atoms with Gasteiger partial charge in [-0.2, -0.15) is 0 Å². The highest BCUT2D eigenvalue weighted by Gasteiger charge is 2.19. The Bertz CT molecular complexity index is 997. The number of carbonyl (C=O) groups excluding carboxylic acids is 2. The Labute approximate surface area is 147 Å². The average molecular weight is 361 g/mol. The van der Waals surface area contributed by atoms with Crippen LogP contribution in [0, 0.1) is 12.7 Å². The van der Waals surface area contributed by atoms with Gasteiger partial charge in [0.2, 0.25) is 5.91 Å². The molecule has 0 spiro atoms. The second-order valence-electron chi connectivity index (χ2n) is 5.50. The molecule has 0 unspecified atom stereocenters. The van der Waals surface area contributed by atoms with Crippen molar-refractivity contribution in [1.82, 2.24) is 0 Å². The van der Waals surface area contributed by atoms with Crippen molar-refractivity contribution in [3.05, 3.63) is 58.6 Å². The van der Waals surface area contributed by atoms with Crippen molar-refractivity contribution in [3.63, 3.8) is 0 Å². The second kappa shape index (κ2) is 6.57. The van der Waals surface area contributed by atoms with Gasteiger partial charge in [0, 0.05) is 23.6 Å². The van der Waals surface area contributed by atoms with E-state index in [1.54, 1.807) is 19.1 Å². The van der Waals surface area contributed by atoms with E-state index in [0.717, 1.165) is 11.5 Å². The molecule has 0 aliphatic carbocycles. The van der Waals surface area contributed by atoms with Crippen LogP contribution in [-0.2, 0) is 4.79 Å². The van der Waals surface area contributed by atoms with Gasteiger partial charge < -0.3 is 15.1 Å². The summed E-state index contributed by atoms with van der Waals surface area (Å²) in [6, 6.07) is 9.14. The first kappa shape index (κ1) is 17.0. The Morgan fingerprint density at radius 3 is 2.60 bits per heavy atom. The molecule has 0 saturated heterocycles. The smallest absolute Gasteiger partial charge is 0.291 e. The zero-order valence-electron chi connectivity index (χ0n) is 13.4. The van der Waals surface area contributed by atoms with Crippen molar-refractivity contribution in [3.8, 4) is 0 Å². The average Bonchev–Trinajstić information content (AvgIpc) is 2.89. The first-order chi connectivity index (χ1) is 11.9. The topological polar surface area (TPSA) is 71.3 Å². The maximum absolute atomic E-state index is 13.7. The molecule has 3 aromatic rings. The van der Waals surface area contributed by atoms with Gasteiger partial charge in [-0.05, 0) is 31.2 Å². The molecule has 0 radical (unpaired) electrons. The Hall–Kier alpha value is -2.86. The van der Waals surface area contributed by atoms with E-state index >= 15 is 0 Å². The number of aryl methyl sites for hydroxylation is 1. The van der Waals surface area contributed by atoms with E-state index in [0.29, 0.717) is 21.9 Å². The quantitative estimate of drug-likeness (QED) is 0.708. The zero-order valence-corrected chi connectivity index (χ0v) is 14.2. The first-order valence-corrected chi connectivity index (χ1v) is 7.80. The normalized spacial score (nSPS) is 10.7. The third-order valence-electron chi connectivity index (χ3n) is 3.66. The molecule has 7 heteroatoms. The summed E-state index contributed by atoms with van der Waals surface area (Å²) in [5, 5.41) is 6.14. The number of hydrogen-bond donors (Lipinski definition) is 2. The Morgan fingerprint density at radius 1 is 1.16 bits per heavy atom. The van der Waals surface area contributed by atoms with Crippen LogP contribution in [0.15, 0.2) is 40.8 Å². The molecule has 0 saturated carbocycles. The summed E-state index contributed by atoms with van der Waals surface area (Å²) in [5.74, 6) is -1.39. The molecule has 2 amide bonds. The highest BCUT2D eigenvalue weighted by atomic mass is 35.5. The molecule has 0 atom stereocenters. The lowest BCUT2D eigenvalue weighted by Gasteiger charge is -2.08. The summed E-state index contributed by atoms with van der Waals surface area (Å²) in [6.07, 6.45) is 0. The number of nitrogens with one attached hydrogen (secondary N) is 2. The Kier molecular flexibility index (Phi) is 4.46. The second-order valence-corrected chi connectivity index (χ2v) is 5.91. The van der Waals surface area contributed by atoms with E-state index in [1.807, 2.05) is 6.07 Å². The molecule has 2 aromatic carbocycles. The number of carbonyl (C=O) groups is 2. The molecule has 1 heterocycles. The van der Waals surface area contributed by atoms with Crippen LogP contribution in [0.3, 0.4) is 0 Å². The zero-order chi connectivity index (χ0) is 18.1. The predicted molar refractivity (Wildman–Crippen MR) is 94.6 cm³/mol. The molecule has 5 nitrogen and oxygen atoms in total. The summed E-state index contributed by atoms with van der Waals surface area (Å²) in [4.78, 5) is 23.6. The fraction of sp³-hybridized carbons (Fsp3) is 0.111. The van der Waals surface area contributed by atoms with Gasteiger partial charge in [0.15, 0.2) is 11.3 Å². The maximum Gasteiger partial charge on any atom is 0.291 e. The van der Waals surface area contributed by atoms with Crippen LogP contribution in [0.5, 0.6) is 0 Å². The van der Waals surface area contributed by atoms with E-state index in [2.05, 4.69) is 10.6 Å². The minimum Gasteiger partial charge on any atom is -0.449 e. The van der Waals surface area contributed by atoms with Crippen LogP contribution < -0.4 is 10.6 Å². The van der Waals surface area contributed by atoms with Crippen LogP contribution >= 0.6 is 11.6 Å². The van der Waals surface area contributed by atoms with Crippen LogP contribution in [-0.4, -0.2) is 11.8 Å². The summed E-state index contributed by atoms with van der Waals surface area (Å²) in [7, 11) is 0. The molecule has 1 aromatic heterocycles. The molecular weight excluding hydrogens is 347 g/mol. The van der Waals surface area contributed by atoms with Crippen molar-refractivity contribution in [2.75, 3.05) is 10.6 Å². The van der Waals surface area contributed by atoms with E-state index < -0.39 is 17.6 Å². The largest absolute Gasteiger partial charge is 0.449 e. The third kappa shape index (κ3) is 3.34. The molecule has 0 fully saturated rings. The number of amides is 2. The molecule has 128 valence electrons. The van der Waals surface area contributed by atoms with Crippen molar-refractivity contribution in [2.45, 2.75) is 13.8 Å². The fourth-order valence-corrected chi connectivity index (χ4v) is 2.71. The lowest BCUT2D eigenvalue weighted by atomic mass is 10.1. The van der Waals surface area contributed by atoms with Crippen LogP contribution in [0.2, 0.25) is 5.02 Å². The van der Waals surface area contributed by atoms with E-state index in [1.165, 1.54) is 19.1 Å². The number of anilines is 2. The Balaban J connectivity index is 1.92. The number of rotatable bonds is 3. The van der Waals surface area contributed by atoms with E-state index in [-0.39, 0.29) is 11.4 Å². The molecule has 0 aliphatic heterocycles.